The third kappa shape index (κ3) is 3.67. The van der Waals surface area contributed by atoms with Crippen molar-refractivity contribution in [2.45, 2.75) is 20.0 Å². The molecule has 3 aromatic carbocycles. The molecule has 0 fully saturated rings. The van der Waals surface area contributed by atoms with E-state index in [2.05, 4.69) is 116 Å². The lowest BCUT2D eigenvalue weighted by Crippen LogP contribution is -2.54. The average molecular weight is 470 g/mol. The molecule has 0 aliphatic rings. The van der Waals surface area contributed by atoms with Gasteiger partial charge in [0.25, 0.3) is 0 Å². The number of para-hydroxylation sites is 1. The molecule has 0 bridgehead atoms. The van der Waals surface area contributed by atoms with Crippen molar-refractivity contribution in [1.29, 1.82) is 0 Å². The molecule has 3 nitrogen and oxygen atoms in total. The molecule has 35 heavy (non-hydrogen) atoms. The molecule has 0 aliphatic carbocycles. The summed E-state index contributed by atoms with van der Waals surface area (Å²) >= 11 is 0. The van der Waals surface area contributed by atoms with E-state index in [9.17, 15) is 0 Å². The Balaban J connectivity index is 1.53. The summed E-state index contributed by atoms with van der Waals surface area (Å²) in [5.74, 6) is 0.941. The minimum Gasteiger partial charge on any atom is -0.294 e. The number of aryl methyl sites for hydroxylation is 1. The Kier molecular flexibility index (Phi) is 5.12. The number of benzene rings is 3. The Bertz CT molecular complexity index is 1670. The Labute approximate surface area is 206 Å². The van der Waals surface area contributed by atoms with Gasteiger partial charge in [-0.25, -0.2) is 4.98 Å². The molecule has 0 aliphatic heterocycles. The van der Waals surface area contributed by atoms with Gasteiger partial charge in [0.15, 0.2) is 0 Å². The summed E-state index contributed by atoms with van der Waals surface area (Å²) in [7, 11) is -1.90. The van der Waals surface area contributed by atoms with Gasteiger partial charge in [-0.3, -0.25) is 9.55 Å². The summed E-state index contributed by atoms with van der Waals surface area (Å²) in [5.41, 5.74) is 5.95. The monoisotopic (exact) mass is 469 g/mol. The lowest BCUT2D eigenvalue weighted by Gasteiger charge is -2.23. The molecule has 3 aromatic heterocycles. The maximum atomic E-state index is 4.76. The zero-order valence-corrected chi connectivity index (χ0v) is 21.2. The third-order valence-electron chi connectivity index (χ3n) is 7.02. The van der Waals surface area contributed by atoms with E-state index in [1.807, 2.05) is 18.5 Å². The van der Waals surface area contributed by atoms with Gasteiger partial charge < -0.3 is 0 Å². The summed E-state index contributed by atoms with van der Waals surface area (Å²) in [4.78, 5) is 9.46. The van der Waals surface area contributed by atoms with Gasteiger partial charge in [-0.15, -0.1) is 0 Å². The van der Waals surface area contributed by atoms with Gasteiger partial charge in [0.05, 0.1) is 11.0 Å². The number of hydrogen-bond donors (Lipinski definition) is 0. The topological polar surface area (TPSA) is 30.7 Å². The quantitative estimate of drug-likeness (QED) is 0.281. The van der Waals surface area contributed by atoms with E-state index in [0.717, 1.165) is 11.4 Å². The van der Waals surface area contributed by atoms with Crippen LogP contribution in [0.3, 0.4) is 0 Å². The number of fused-ring (bicyclic) bond motifs is 3. The van der Waals surface area contributed by atoms with Crippen LogP contribution in [0.4, 0.5) is 0 Å². The van der Waals surface area contributed by atoms with E-state index in [4.69, 9.17) is 9.97 Å². The van der Waals surface area contributed by atoms with E-state index in [1.54, 1.807) is 0 Å². The molecule has 0 radical (unpaired) electrons. The standard InChI is InChI=1S/C31H27N3Si/c1-22-14-17-30(33-21-22)34-28-12-5-4-11-26(28)27-16-15-24(20-29(27)34)23-9-8-10-25(19-23)35(2,3)31-13-6-7-18-32-31/h4-21H,1-3H3. The second-order valence-electron chi connectivity index (χ2n) is 9.70. The van der Waals surface area contributed by atoms with Gasteiger partial charge >= 0.3 is 0 Å². The second kappa shape index (κ2) is 8.33. The minimum atomic E-state index is -1.90. The Morgan fingerprint density at radius 3 is 2.26 bits per heavy atom. The summed E-state index contributed by atoms with van der Waals surface area (Å²) in [5, 5.41) is 5.08. The normalized spacial score (nSPS) is 11.9. The van der Waals surface area contributed by atoms with Crippen LogP contribution in [0, 0.1) is 6.92 Å². The van der Waals surface area contributed by atoms with Gasteiger partial charge in [0.1, 0.15) is 13.9 Å². The predicted molar refractivity (Wildman–Crippen MR) is 150 cm³/mol. The number of hydrogen-bond acceptors (Lipinski definition) is 2. The molecule has 0 atom stereocenters. The summed E-state index contributed by atoms with van der Waals surface area (Å²) in [6.07, 6.45) is 3.84. The highest BCUT2D eigenvalue weighted by molar-refractivity contribution is 6.99. The van der Waals surface area contributed by atoms with Crippen LogP contribution in [0.25, 0.3) is 38.8 Å². The highest BCUT2D eigenvalue weighted by atomic mass is 28.3. The molecule has 0 N–H and O–H groups in total. The summed E-state index contributed by atoms with van der Waals surface area (Å²) in [6.45, 7) is 6.82. The maximum absolute atomic E-state index is 4.76. The van der Waals surface area contributed by atoms with Gasteiger partial charge in [-0.1, -0.05) is 85.0 Å². The molecule has 170 valence electrons. The van der Waals surface area contributed by atoms with Gasteiger partial charge in [-0.2, -0.15) is 0 Å². The minimum absolute atomic E-state index is 0.941. The van der Waals surface area contributed by atoms with Crippen LogP contribution < -0.4 is 10.5 Å². The Morgan fingerprint density at radius 1 is 0.657 bits per heavy atom. The molecule has 0 saturated carbocycles. The van der Waals surface area contributed by atoms with Gasteiger partial charge in [0, 0.05) is 28.5 Å². The lowest BCUT2D eigenvalue weighted by molar-refractivity contribution is 1.07. The number of pyridine rings is 2. The van der Waals surface area contributed by atoms with Crippen molar-refractivity contribution in [3.63, 3.8) is 0 Å². The van der Waals surface area contributed by atoms with Crippen LogP contribution in [0.5, 0.6) is 0 Å². The van der Waals surface area contributed by atoms with Crippen molar-refractivity contribution >= 4 is 40.4 Å². The molecule has 0 saturated heterocycles. The number of rotatable bonds is 4. The van der Waals surface area contributed by atoms with Crippen LogP contribution in [-0.4, -0.2) is 22.6 Å². The van der Waals surface area contributed by atoms with E-state index < -0.39 is 8.07 Å². The van der Waals surface area contributed by atoms with Crippen LogP contribution in [-0.2, 0) is 0 Å². The first kappa shape index (κ1) is 21.5. The third-order valence-corrected chi connectivity index (χ3v) is 10.4. The fourth-order valence-electron chi connectivity index (χ4n) is 4.96. The molecule has 6 aromatic rings. The smallest absolute Gasteiger partial charge is 0.137 e. The first-order chi connectivity index (χ1) is 17.0. The molecule has 0 unspecified atom stereocenters. The van der Waals surface area contributed by atoms with Crippen molar-refractivity contribution in [3.8, 4) is 16.9 Å². The first-order valence-electron chi connectivity index (χ1n) is 12.0. The summed E-state index contributed by atoms with van der Waals surface area (Å²) in [6, 6.07) is 34.9. The highest BCUT2D eigenvalue weighted by Crippen LogP contribution is 2.34. The van der Waals surface area contributed by atoms with E-state index in [0.29, 0.717) is 0 Å². The van der Waals surface area contributed by atoms with Gasteiger partial charge in [-0.05, 0) is 53.9 Å². The Hall–Kier alpha value is -4.02. The van der Waals surface area contributed by atoms with Crippen molar-refractivity contribution in [2.75, 3.05) is 0 Å². The van der Waals surface area contributed by atoms with Crippen molar-refractivity contribution in [3.05, 3.63) is 115 Å². The summed E-state index contributed by atoms with van der Waals surface area (Å²) < 4.78 is 2.28. The zero-order chi connectivity index (χ0) is 24.0. The molecule has 3 heterocycles. The lowest BCUT2D eigenvalue weighted by atomic mass is 10.0. The maximum Gasteiger partial charge on any atom is 0.137 e. The van der Waals surface area contributed by atoms with Crippen LogP contribution in [0.2, 0.25) is 13.1 Å². The van der Waals surface area contributed by atoms with Crippen LogP contribution >= 0.6 is 0 Å². The van der Waals surface area contributed by atoms with E-state index >= 15 is 0 Å². The fraction of sp³-hybridized carbons (Fsp3) is 0.0968. The van der Waals surface area contributed by atoms with Crippen molar-refractivity contribution in [2.24, 2.45) is 0 Å². The van der Waals surface area contributed by atoms with Crippen LogP contribution in [0.1, 0.15) is 5.56 Å². The molecule has 0 amide bonds. The molecule has 6 rings (SSSR count). The Morgan fingerprint density at radius 2 is 1.46 bits per heavy atom. The molecular weight excluding hydrogens is 442 g/mol. The zero-order valence-electron chi connectivity index (χ0n) is 20.2. The predicted octanol–water partition coefficient (Wildman–Crippen LogP) is 6.37. The number of nitrogens with zero attached hydrogens (tertiary/aromatic N) is 3. The van der Waals surface area contributed by atoms with Gasteiger partial charge in [0.2, 0.25) is 0 Å². The van der Waals surface area contributed by atoms with E-state index in [1.165, 1.54) is 43.4 Å². The highest BCUT2D eigenvalue weighted by Gasteiger charge is 2.27. The van der Waals surface area contributed by atoms with Crippen molar-refractivity contribution in [1.82, 2.24) is 14.5 Å². The van der Waals surface area contributed by atoms with E-state index in [-0.39, 0.29) is 0 Å². The first-order valence-corrected chi connectivity index (χ1v) is 15.0. The molecule has 4 heteroatoms. The largest absolute Gasteiger partial charge is 0.294 e. The fourth-order valence-corrected chi connectivity index (χ4v) is 7.19. The van der Waals surface area contributed by atoms with Crippen molar-refractivity contribution < 1.29 is 0 Å². The SMILES string of the molecule is Cc1ccc(-n2c3ccccc3c3ccc(-c4cccc([Si](C)(C)c5ccccn5)c4)cc32)nc1. The number of aromatic nitrogens is 3. The molecular formula is C31H27N3Si. The second-order valence-corrected chi connectivity index (χ2v) is 14.0. The average Bonchev–Trinajstić information content (AvgIpc) is 3.23. The molecule has 0 spiro atoms. The van der Waals surface area contributed by atoms with Crippen LogP contribution in [0.15, 0.2) is 109 Å².